The maximum Gasteiger partial charge on any atom is 0.259 e. The number of fused-ring (bicyclic) bond motifs is 2. The molecule has 0 spiro atoms. The molecular weight excluding hydrogens is 389 g/mol. The van der Waals surface area contributed by atoms with Gasteiger partial charge in [0.25, 0.3) is 11.6 Å². The number of pyridine rings is 1. The van der Waals surface area contributed by atoms with Gasteiger partial charge in [0.05, 0.1) is 10.9 Å². The summed E-state index contributed by atoms with van der Waals surface area (Å²) in [4.78, 5) is 17.5. The molecule has 3 heterocycles. The molecule has 1 aliphatic rings. The van der Waals surface area contributed by atoms with E-state index in [1.165, 1.54) is 12.1 Å². The molecule has 0 atom stereocenters. The van der Waals surface area contributed by atoms with Gasteiger partial charge >= 0.3 is 0 Å². The first kappa shape index (κ1) is 18.1. The van der Waals surface area contributed by atoms with Crippen LogP contribution in [0.3, 0.4) is 0 Å². The average Bonchev–Trinajstić information content (AvgIpc) is 3.17. The number of amides is 1. The fraction of sp³-hybridized carbons (Fsp3) is 0.136. The molecule has 0 bridgehead atoms. The highest BCUT2D eigenvalue weighted by Gasteiger charge is 2.22. The third-order valence-electron chi connectivity index (χ3n) is 4.74. The summed E-state index contributed by atoms with van der Waals surface area (Å²) >= 11 is 0. The highest BCUT2D eigenvalue weighted by atomic mass is 19.1. The second-order valence-corrected chi connectivity index (χ2v) is 6.84. The molecule has 1 aliphatic heterocycles. The van der Waals surface area contributed by atoms with Gasteiger partial charge in [-0.05, 0) is 49.4 Å². The van der Waals surface area contributed by atoms with Gasteiger partial charge in [0.2, 0.25) is 0 Å². The maximum absolute atomic E-state index is 13.3. The number of aryl methyl sites for hydroxylation is 1. The number of benzene rings is 2. The summed E-state index contributed by atoms with van der Waals surface area (Å²) in [5, 5.41) is 7.40. The predicted molar refractivity (Wildman–Crippen MR) is 107 cm³/mol. The number of carbonyl (C=O) groups excluding carboxylic acids is 1. The first-order valence-corrected chi connectivity index (χ1v) is 9.32. The van der Waals surface area contributed by atoms with E-state index in [1.807, 2.05) is 0 Å². The van der Waals surface area contributed by atoms with Gasteiger partial charge in [-0.1, -0.05) is 5.16 Å². The number of nitrogens with zero attached hydrogens (tertiary/aromatic N) is 2. The number of rotatable bonds is 3. The van der Waals surface area contributed by atoms with E-state index in [2.05, 4.69) is 15.5 Å². The van der Waals surface area contributed by atoms with Crippen molar-refractivity contribution in [1.82, 2.24) is 10.1 Å². The van der Waals surface area contributed by atoms with E-state index in [9.17, 15) is 9.18 Å². The molecule has 0 radical (unpaired) electrons. The van der Waals surface area contributed by atoms with Gasteiger partial charge in [0, 0.05) is 23.0 Å². The zero-order valence-corrected chi connectivity index (χ0v) is 15.9. The van der Waals surface area contributed by atoms with Crippen LogP contribution in [0.5, 0.6) is 11.5 Å². The lowest BCUT2D eigenvalue weighted by molar-refractivity contribution is 0.102. The predicted octanol–water partition coefficient (Wildman–Crippen LogP) is 4.36. The van der Waals surface area contributed by atoms with Gasteiger partial charge < -0.3 is 19.3 Å². The molecule has 7 nitrogen and oxygen atoms in total. The molecule has 4 aromatic rings. The van der Waals surface area contributed by atoms with E-state index in [0.717, 1.165) is 0 Å². The number of anilines is 1. The lowest BCUT2D eigenvalue weighted by atomic mass is 10.0. The zero-order chi connectivity index (χ0) is 20.7. The quantitative estimate of drug-likeness (QED) is 0.545. The number of halogens is 1. The lowest BCUT2D eigenvalue weighted by Gasteiger charge is -2.19. The first-order chi connectivity index (χ1) is 14.6. The van der Waals surface area contributed by atoms with Gasteiger partial charge in [-0.3, -0.25) is 4.79 Å². The van der Waals surface area contributed by atoms with Gasteiger partial charge in [0.1, 0.15) is 24.7 Å². The normalized spacial score (nSPS) is 12.7. The molecule has 1 N–H and O–H groups in total. The molecule has 1 amide bonds. The molecule has 0 unspecified atom stereocenters. The molecule has 8 heteroatoms. The molecule has 0 fully saturated rings. The van der Waals surface area contributed by atoms with Crippen molar-refractivity contribution in [3.63, 3.8) is 0 Å². The summed E-state index contributed by atoms with van der Waals surface area (Å²) in [6.45, 7) is 2.71. The van der Waals surface area contributed by atoms with Crippen LogP contribution in [-0.2, 0) is 0 Å². The van der Waals surface area contributed by atoms with Crippen LogP contribution in [0.2, 0.25) is 0 Å². The van der Waals surface area contributed by atoms with E-state index < -0.39 is 0 Å². The highest BCUT2D eigenvalue weighted by Crippen LogP contribution is 2.34. The van der Waals surface area contributed by atoms with Crippen LogP contribution in [0.15, 0.2) is 53.1 Å². The van der Waals surface area contributed by atoms with Crippen LogP contribution >= 0.6 is 0 Å². The van der Waals surface area contributed by atoms with E-state index in [4.69, 9.17) is 14.0 Å². The van der Waals surface area contributed by atoms with Crippen molar-refractivity contribution in [1.29, 1.82) is 0 Å². The lowest BCUT2D eigenvalue weighted by Crippen LogP contribution is -2.16. The Labute approximate surface area is 170 Å². The van der Waals surface area contributed by atoms with Crippen molar-refractivity contribution < 1.29 is 23.2 Å². The standard InChI is InChI=1S/C22H16FN3O4/c1-12-10-16(21(27)25-15-6-7-17-18(11-15)29-9-8-28-17)19-20(26-30-22(19)24-12)13-2-4-14(23)5-3-13/h2-7,10-11H,8-9H2,1H3,(H,25,27). The Balaban J connectivity index is 1.55. The van der Waals surface area contributed by atoms with Crippen molar-refractivity contribution in [3.8, 4) is 22.8 Å². The Morgan fingerprint density at radius 3 is 2.60 bits per heavy atom. The Hall–Kier alpha value is -3.94. The van der Waals surface area contributed by atoms with Gasteiger partial charge in [-0.2, -0.15) is 0 Å². The van der Waals surface area contributed by atoms with Crippen LogP contribution in [0.1, 0.15) is 16.1 Å². The average molecular weight is 405 g/mol. The third-order valence-corrected chi connectivity index (χ3v) is 4.74. The minimum Gasteiger partial charge on any atom is -0.486 e. The Bertz CT molecular complexity index is 1270. The van der Waals surface area contributed by atoms with Gasteiger partial charge in [-0.15, -0.1) is 0 Å². The van der Waals surface area contributed by atoms with Crippen molar-refractivity contribution in [2.24, 2.45) is 0 Å². The van der Waals surface area contributed by atoms with Crippen molar-refractivity contribution in [2.75, 3.05) is 18.5 Å². The molecule has 5 rings (SSSR count). The first-order valence-electron chi connectivity index (χ1n) is 9.32. The Morgan fingerprint density at radius 2 is 1.80 bits per heavy atom. The van der Waals surface area contributed by atoms with E-state index in [1.54, 1.807) is 43.3 Å². The van der Waals surface area contributed by atoms with E-state index >= 15 is 0 Å². The van der Waals surface area contributed by atoms with Crippen LogP contribution in [0.4, 0.5) is 10.1 Å². The molecule has 150 valence electrons. The van der Waals surface area contributed by atoms with Crippen LogP contribution in [-0.4, -0.2) is 29.3 Å². The molecule has 0 saturated heterocycles. The number of carbonyl (C=O) groups is 1. The fourth-order valence-corrected chi connectivity index (χ4v) is 3.38. The third kappa shape index (κ3) is 3.22. The smallest absolute Gasteiger partial charge is 0.259 e. The minimum absolute atomic E-state index is 0.238. The summed E-state index contributed by atoms with van der Waals surface area (Å²) in [6, 6.07) is 12.7. The topological polar surface area (TPSA) is 86.5 Å². The Kier molecular flexibility index (Phi) is 4.31. The molecule has 2 aromatic carbocycles. The van der Waals surface area contributed by atoms with Crippen molar-refractivity contribution in [3.05, 3.63) is 65.6 Å². The second-order valence-electron chi connectivity index (χ2n) is 6.84. The maximum atomic E-state index is 13.3. The summed E-state index contributed by atoms with van der Waals surface area (Å²) in [7, 11) is 0. The monoisotopic (exact) mass is 405 g/mol. The van der Waals surface area contributed by atoms with Crippen LogP contribution < -0.4 is 14.8 Å². The number of hydrogen-bond acceptors (Lipinski definition) is 6. The largest absolute Gasteiger partial charge is 0.486 e. The molecule has 0 aliphatic carbocycles. The molecule has 0 saturated carbocycles. The summed E-state index contributed by atoms with van der Waals surface area (Å²) < 4.78 is 29.8. The minimum atomic E-state index is -0.364. The van der Waals surface area contributed by atoms with E-state index in [-0.39, 0.29) is 17.4 Å². The van der Waals surface area contributed by atoms with Gasteiger partial charge in [0.15, 0.2) is 11.5 Å². The Morgan fingerprint density at radius 1 is 1.03 bits per heavy atom. The SMILES string of the molecule is Cc1cc(C(=O)Nc2ccc3c(c2)OCCO3)c2c(-c3ccc(F)cc3)noc2n1. The summed E-state index contributed by atoms with van der Waals surface area (Å²) in [5.74, 6) is 0.497. The fourth-order valence-electron chi connectivity index (χ4n) is 3.38. The summed E-state index contributed by atoms with van der Waals surface area (Å²) in [6.07, 6.45) is 0. The molecule has 30 heavy (non-hydrogen) atoms. The van der Waals surface area contributed by atoms with Crippen LogP contribution in [0.25, 0.3) is 22.4 Å². The number of ether oxygens (including phenoxy) is 2. The van der Waals surface area contributed by atoms with E-state index in [0.29, 0.717) is 58.3 Å². The number of hydrogen-bond donors (Lipinski definition) is 1. The summed E-state index contributed by atoms with van der Waals surface area (Å²) in [5.41, 5.74) is 2.80. The van der Waals surface area contributed by atoms with Crippen molar-refractivity contribution >= 4 is 22.7 Å². The number of aromatic nitrogens is 2. The highest BCUT2D eigenvalue weighted by molar-refractivity contribution is 6.14. The second kappa shape index (κ2) is 7.14. The molecular formula is C22H16FN3O4. The van der Waals surface area contributed by atoms with Crippen molar-refractivity contribution in [2.45, 2.75) is 6.92 Å². The zero-order valence-electron chi connectivity index (χ0n) is 15.9. The van der Waals surface area contributed by atoms with Gasteiger partial charge in [-0.25, -0.2) is 9.37 Å². The van der Waals surface area contributed by atoms with Crippen LogP contribution in [0, 0.1) is 12.7 Å². The number of nitrogens with one attached hydrogen (secondary N) is 1. The molecule has 2 aromatic heterocycles.